The van der Waals surface area contributed by atoms with E-state index in [4.69, 9.17) is 5.73 Å². The minimum absolute atomic E-state index is 0.177. The molecule has 106 valence electrons. The van der Waals surface area contributed by atoms with E-state index in [-0.39, 0.29) is 17.5 Å². The van der Waals surface area contributed by atoms with E-state index >= 15 is 0 Å². The van der Waals surface area contributed by atoms with Crippen molar-refractivity contribution in [2.75, 3.05) is 11.1 Å². The van der Waals surface area contributed by atoms with Gasteiger partial charge in [-0.1, -0.05) is 13.8 Å². The quantitative estimate of drug-likeness (QED) is 0.802. The summed E-state index contributed by atoms with van der Waals surface area (Å²) < 4.78 is 0.856. The van der Waals surface area contributed by atoms with Crippen molar-refractivity contribution in [1.29, 1.82) is 0 Å². The standard InChI is InChI=1S/C13H16BrN5O/c1-6(2)10-9(15)11(19-18-10)13(20)17-12-7(3)4-8(14)5-16-12/h4-6H,15H2,1-3H3,(H,18,19)(H,16,17,20). The second-order valence-electron chi connectivity index (χ2n) is 4.83. The summed E-state index contributed by atoms with van der Waals surface area (Å²) in [4.78, 5) is 16.3. The highest BCUT2D eigenvalue weighted by atomic mass is 79.9. The topological polar surface area (TPSA) is 96.7 Å². The second-order valence-corrected chi connectivity index (χ2v) is 5.74. The van der Waals surface area contributed by atoms with Gasteiger partial charge in [-0.3, -0.25) is 9.89 Å². The van der Waals surface area contributed by atoms with Gasteiger partial charge in [0.15, 0.2) is 5.69 Å². The first-order chi connectivity index (χ1) is 9.40. The lowest BCUT2D eigenvalue weighted by atomic mass is 10.1. The third-order valence-corrected chi connectivity index (χ3v) is 3.34. The Morgan fingerprint density at radius 1 is 1.50 bits per heavy atom. The van der Waals surface area contributed by atoms with Crippen LogP contribution >= 0.6 is 15.9 Å². The lowest BCUT2D eigenvalue weighted by molar-refractivity contribution is 0.102. The first-order valence-corrected chi connectivity index (χ1v) is 6.96. The molecule has 0 aliphatic heterocycles. The molecule has 6 nitrogen and oxygen atoms in total. The zero-order valence-corrected chi connectivity index (χ0v) is 13.1. The molecule has 1 amide bonds. The normalized spacial score (nSPS) is 10.8. The van der Waals surface area contributed by atoms with Gasteiger partial charge in [0, 0.05) is 10.7 Å². The Balaban J connectivity index is 2.24. The van der Waals surface area contributed by atoms with Crippen LogP contribution in [0, 0.1) is 6.92 Å². The van der Waals surface area contributed by atoms with Gasteiger partial charge in [0.2, 0.25) is 0 Å². The number of nitrogen functional groups attached to an aromatic ring is 1. The summed E-state index contributed by atoms with van der Waals surface area (Å²) in [5.41, 5.74) is 8.13. The Hall–Kier alpha value is -1.89. The molecule has 0 atom stereocenters. The lowest BCUT2D eigenvalue weighted by Gasteiger charge is -2.07. The summed E-state index contributed by atoms with van der Waals surface area (Å²) >= 11 is 3.33. The summed E-state index contributed by atoms with van der Waals surface area (Å²) in [6, 6.07) is 1.87. The van der Waals surface area contributed by atoms with Crippen LogP contribution in [0.1, 0.15) is 41.5 Å². The highest BCUT2D eigenvalue weighted by Crippen LogP contribution is 2.23. The number of halogens is 1. The number of aryl methyl sites for hydroxylation is 1. The molecule has 0 unspecified atom stereocenters. The molecule has 20 heavy (non-hydrogen) atoms. The molecule has 2 aromatic heterocycles. The van der Waals surface area contributed by atoms with Gasteiger partial charge in [-0.25, -0.2) is 4.98 Å². The minimum atomic E-state index is -0.372. The van der Waals surface area contributed by atoms with Crippen LogP contribution in [0.2, 0.25) is 0 Å². The number of aromatic amines is 1. The third kappa shape index (κ3) is 2.82. The number of carbonyl (C=O) groups is 1. The predicted molar refractivity (Wildman–Crippen MR) is 81.7 cm³/mol. The summed E-state index contributed by atoms with van der Waals surface area (Å²) in [5.74, 6) is 0.298. The van der Waals surface area contributed by atoms with E-state index in [1.807, 2.05) is 26.8 Å². The van der Waals surface area contributed by atoms with Gasteiger partial charge in [-0.15, -0.1) is 0 Å². The Bertz CT molecular complexity index is 650. The zero-order chi connectivity index (χ0) is 14.9. The highest BCUT2D eigenvalue weighted by Gasteiger charge is 2.19. The molecule has 0 saturated heterocycles. The van der Waals surface area contributed by atoms with Gasteiger partial charge >= 0.3 is 0 Å². The van der Waals surface area contributed by atoms with Crippen LogP contribution in [0.4, 0.5) is 11.5 Å². The monoisotopic (exact) mass is 337 g/mol. The molecular formula is C13H16BrN5O. The second kappa shape index (κ2) is 5.62. The van der Waals surface area contributed by atoms with E-state index in [1.54, 1.807) is 6.20 Å². The average Bonchev–Trinajstić information content (AvgIpc) is 2.74. The fourth-order valence-electron chi connectivity index (χ4n) is 1.82. The van der Waals surface area contributed by atoms with Crippen molar-refractivity contribution in [3.05, 3.63) is 33.7 Å². The van der Waals surface area contributed by atoms with Crippen LogP contribution in [0.5, 0.6) is 0 Å². The molecule has 2 rings (SSSR count). The summed E-state index contributed by atoms with van der Waals surface area (Å²) in [7, 11) is 0. The smallest absolute Gasteiger partial charge is 0.279 e. The summed E-state index contributed by atoms with van der Waals surface area (Å²) in [5, 5.41) is 9.49. The fraction of sp³-hybridized carbons (Fsp3) is 0.308. The maximum Gasteiger partial charge on any atom is 0.279 e. The number of carbonyl (C=O) groups excluding carboxylic acids is 1. The lowest BCUT2D eigenvalue weighted by Crippen LogP contribution is -2.16. The van der Waals surface area contributed by atoms with E-state index in [1.165, 1.54) is 0 Å². The average molecular weight is 338 g/mol. The van der Waals surface area contributed by atoms with Crippen molar-refractivity contribution in [3.63, 3.8) is 0 Å². The van der Waals surface area contributed by atoms with Gasteiger partial charge in [-0.05, 0) is 40.4 Å². The van der Waals surface area contributed by atoms with Crippen molar-refractivity contribution in [3.8, 4) is 0 Å². The minimum Gasteiger partial charge on any atom is -0.395 e. The maximum absolute atomic E-state index is 12.2. The van der Waals surface area contributed by atoms with Gasteiger partial charge in [0.1, 0.15) is 5.82 Å². The maximum atomic E-state index is 12.2. The SMILES string of the molecule is Cc1cc(Br)cnc1NC(=O)c1n[nH]c(C(C)C)c1N. The van der Waals surface area contributed by atoms with Crippen molar-refractivity contribution in [2.45, 2.75) is 26.7 Å². The molecule has 0 bridgehead atoms. The third-order valence-electron chi connectivity index (χ3n) is 2.90. The number of H-pyrrole nitrogens is 1. The zero-order valence-electron chi connectivity index (χ0n) is 11.5. The van der Waals surface area contributed by atoms with Crippen LogP contribution in [-0.4, -0.2) is 21.1 Å². The first-order valence-electron chi connectivity index (χ1n) is 6.17. The molecule has 7 heteroatoms. The molecule has 0 aliphatic rings. The fourth-order valence-corrected chi connectivity index (χ4v) is 2.26. The number of hydrogen-bond acceptors (Lipinski definition) is 4. The molecule has 2 heterocycles. The number of hydrogen-bond donors (Lipinski definition) is 3. The molecule has 2 aromatic rings. The van der Waals surface area contributed by atoms with E-state index in [0.717, 1.165) is 15.7 Å². The van der Waals surface area contributed by atoms with Crippen molar-refractivity contribution in [1.82, 2.24) is 15.2 Å². The molecule has 0 radical (unpaired) electrons. The summed E-state index contributed by atoms with van der Waals surface area (Å²) in [6.45, 7) is 5.82. The number of nitrogens with one attached hydrogen (secondary N) is 2. The van der Waals surface area contributed by atoms with Crippen LogP contribution < -0.4 is 11.1 Å². The highest BCUT2D eigenvalue weighted by molar-refractivity contribution is 9.10. The van der Waals surface area contributed by atoms with E-state index < -0.39 is 0 Å². The Kier molecular flexibility index (Phi) is 4.08. The van der Waals surface area contributed by atoms with Gasteiger partial charge in [-0.2, -0.15) is 5.10 Å². The number of aromatic nitrogens is 3. The van der Waals surface area contributed by atoms with Crippen LogP contribution in [0.3, 0.4) is 0 Å². The van der Waals surface area contributed by atoms with Gasteiger partial charge < -0.3 is 11.1 Å². The largest absolute Gasteiger partial charge is 0.395 e. The molecule has 0 aliphatic carbocycles. The Morgan fingerprint density at radius 2 is 2.20 bits per heavy atom. The number of rotatable bonds is 3. The van der Waals surface area contributed by atoms with Crippen LogP contribution in [0.25, 0.3) is 0 Å². The number of amides is 1. The van der Waals surface area contributed by atoms with Crippen molar-refractivity contribution in [2.24, 2.45) is 0 Å². The first kappa shape index (κ1) is 14.5. The number of pyridine rings is 1. The molecule has 0 spiro atoms. The number of nitrogens with zero attached hydrogens (tertiary/aromatic N) is 2. The molecule has 0 aromatic carbocycles. The summed E-state index contributed by atoms with van der Waals surface area (Å²) in [6.07, 6.45) is 1.62. The van der Waals surface area contributed by atoms with Gasteiger partial charge in [0.25, 0.3) is 5.91 Å². The van der Waals surface area contributed by atoms with Crippen molar-refractivity contribution < 1.29 is 4.79 Å². The van der Waals surface area contributed by atoms with E-state index in [0.29, 0.717) is 11.5 Å². The van der Waals surface area contributed by atoms with E-state index in [9.17, 15) is 4.79 Å². The molecule has 4 N–H and O–H groups in total. The van der Waals surface area contributed by atoms with E-state index in [2.05, 4.69) is 36.4 Å². The van der Waals surface area contributed by atoms with Crippen LogP contribution in [-0.2, 0) is 0 Å². The molecule has 0 saturated carbocycles. The number of nitrogens with two attached hydrogens (primary N) is 1. The van der Waals surface area contributed by atoms with Gasteiger partial charge in [0.05, 0.1) is 11.4 Å². The van der Waals surface area contributed by atoms with Crippen LogP contribution in [0.15, 0.2) is 16.7 Å². The predicted octanol–water partition coefficient (Wildman–Crippen LogP) is 2.83. The van der Waals surface area contributed by atoms with Crippen molar-refractivity contribution >= 4 is 33.3 Å². The molecular weight excluding hydrogens is 322 g/mol. The Labute approximate surface area is 125 Å². The number of anilines is 2. The Morgan fingerprint density at radius 3 is 2.75 bits per heavy atom. The molecule has 0 fully saturated rings.